The monoisotopic (exact) mass is 209 g/mol. The van der Waals surface area contributed by atoms with Gasteiger partial charge in [0.2, 0.25) is 6.29 Å². The first-order chi connectivity index (χ1) is 7.11. The third-order valence-electron chi connectivity index (χ3n) is 2.24. The molecule has 2 rings (SSSR count). The molecule has 1 amide bonds. The summed E-state index contributed by atoms with van der Waals surface area (Å²) >= 11 is 0. The first kappa shape index (κ1) is 9.88. The fourth-order valence-electron chi connectivity index (χ4n) is 1.38. The van der Waals surface area contributed by atoms with Crippen LogP contribution < -0.4 is 15.4 Å². The summed E-state index contributed by atoms with van der Waals surface area (Å²) in [7, 11) is 1.54. The van der Waals surface area contributed by atoms with E-state index in [0.29, 0.717) is 11.6 Å². The number of carbonyl (C=O) groups excluding carboxylic acids is 1. The molecule has 2 heterocycles. The summed E-state index contributed by atoms with van der Waals surface area (Å²) in [6, 6.07) is 2.18. The number of pyridine rings is 1. The Morgan fingerprint density at radius 2 is 2.40 bits per heavy atom. The zero-order valence-corrected chi connectivity index (χ0v) is 8.12. The van der Waals surface area contributed by atoms with Crippen molar-refractivity contribution in [3.05, 3.63) is 18.3 Å². The van der Waals surface area contributed by atoms with Gasteiger partial charge in [0.1, 0.15) is 6.04 Å². The molecule has 1 aliphatic rings. The summed E-state index contributed by atoms with van der Waals surface area (Å²) in [5.41, 5.74) is 5.50. The maximum Gasteiger partial charge on any atom is 0.251 e. The molecule has 0 radical (unpaired) electrons. The number of hydrogen-bond acceptors (Lipinski definition) is 5. The molecule has 0 aliphatic carbocycles. The fraction of sp³-hybridized carbons (Fsp3) is 0.333. The Morgan fingerprint density at radius 3 is 3.13 bits per heavy atom. The smallest absolute Gasteiger partial charge is 0.251 e. The van der Waals surface area contributed by atoms with E-state index >= 15 is 0 Å². The number of likely N-dealkylation sites (N-methyl/N-ethyl adjacent to an activating group) is 1. The van der Waals surface area contributed by atoms with Crippen molar-refractivity contribution in [2.24, 2.45) is 5.73 Å². The second-order valence-electron chi connectivity index (χ2n) is 3.26. The van der Waals surface area contributed by atoms with Crippen LogP contribution in [0.3, 0.4) is 0 Å². The number of hydrogen-bond donors (Lipinski definition) is 2. The molecule has 0 bridgehead atoms. The van der Waals surface area contributed by atoms with Crippen LogP contribution in [0.4, 0.5) is 5.82 Å². The standard InChI is InChI=1S/C9H11N3O3/c1-12-7-5(3-2-4-11-7)15-9(14)6(10)8(12)13/h2-4,6,9,14H,10H2,1H3/t6-,9+/m1/s1. The number of nitrogens with zero attached hydrogens (tertiary/aromatic N) is 2. The van der Waals surface area contributed by atoms with Crippen molar-refractivity contribution in [1.82, 2.24) is 4.98 Å². The minimum Gasteiger partial charge on any atom is -0.459 e. The predicted octanol–water partition coefficient (Wildman–Crippen LogP) is -0.917. The second kappa shape index (κ2) is 3.48. The van der Waals surface area contributed by atoms with Gasteiger partial charge in [-0.15, -0.1) is 0 Å². The van der Waals surface area contributed by atoms with Crippen molar-refractivity contribution < 1.29 is 14.6 Å². The Bertz CT molecular complexity index is 396. The lowest BCUT2D eigenvalue weighted by Gasteiger charge is -2.16. The Labute approximate surface area is 86.3 Å². The molecule has 1 aliphatic heterocycles. The lowest BCUT2D eigenvalue weighted by Crippen LogP contribution is -2.49. The van der Waals surface area contributed by atoms with E-state index in [4.69, 9.17) is 10.5 Å². The Hall–Kier alpha value is -1.66. The number of anilines is 1. The first-order valence-electron chi connectivity index (χ1n) is 4.44. The van der Waals surface area contributed by atoms with E-state index in [1.807, 2.05) is 0 Å². The Morgan fingerprint density at radius 1 is 1.67 bits per heavy atom. The second-order valence-corrected chi connectivity index (χ2v) is 3.26. The Kier molecular flexibility index (Phi) is 2.29. The molecule has 0 fully saturated rings. The number of fused-ring (bicyclic) bond motifs is 1. The summed E-state index contributed by atoms with van der Waals surface area (Å²) in [5, 5.41) is 9.47. The number of nitrogens with two attached hydrogens (primary N) is 1. The van der Waals surface area contributed by atoms with Crippen LogP contribution in [-0.2, 0) is 4.79 Å². The molecule has 1 aromatic rings. The average Bonchev–Trinajstić information content (AvgIpc) is 2.32. The molecular formula is C9H11N3O3. The van der Waals surface area contributed by atoms with Crippen LogP contribution in [0.2, 0.25) is 0 Å². The number of ether oxygens (including phenoxy) is 1. The molecule has 6 nitrogen and oxygen atoms in total. The minimum absolute atomic E-state index is 0.341. The van der Waals surface area contributed by atoms with Crippen molar-refractivity contribution in [2.75, 3.05) is 11.9 Å². The molecule has 3 N–H and O–H groups in total. The normalized spacial score (nSPS) is 25.5. The third kappa shape index (κ3) is 1.53. The summed E-state index contributed by atoms with van der Waals surface area (Å²) in [4.78, 5) is 16.9. The zero-order valence-electron chi connectivity index (χ0n) is 8.12. The van der Waals surface area contributed by atoms with E-state index in [1.54, 1.807) is 12.1 Å². The molecule has 0 spiro atoms. The summed E-state index contributed by atoms with van der Waals surface area (Å²) in [6.45, 7) is 0. The maximum atomic E-state index is 11.6. The van der Waals surface area contributed by atoms with Gasteiger partial charge in [-0.25, -0.2) is 4.98 Å². The predicted molar refractivity (Wildman–Crippen MR) is 52.3 cm³/mol. The molecular weight excluding hydrogens is 198 g/mol. The summed E-state index contributed by atoms with van der Waals surface area (Å²) in [6.07, 6.45) is 0.195. The highest BCUT2D eigenvalue weighted by Crippen LogP contribution is 2.28. The molecule has 0 aromatic carbocycles. The Balaban J connectivity index is 2.49. The van der Waals surface area contributed by atoms with Crippen LogP contribution in [0, 0.1) is 0 Å². The van der Waals surface area contributed by atoms with Crippen LogP contribution >= 0.6 is 0 Å². The first-order valence-corrected chi connectivity index (χ1v) is 4.44. The van der Waals surface area contributed by atoms with Gasteiger partial charge in [-0.1, -0.05) is 0 Å². The fourth-order valence-corrected chi connectivity index (χ4v) is 1.38. The molecule has 6 heteroatoms. The van der Waals surface area contributed by atoms with Gasteiger partial charge in [-0.2, -0.15) is 0 Å². The van der Waals surface area contributed by atoms with Crippen LogP contribution in [0.5, 0.6) is 5.75 Å². The van der Waals surface area contributed by atoms with Gasteiger partial charge in [-0.3, -0.25) is 9.69 Å². The van der Waals surface area contributed by atoms with Gasteiger partial charge < -0.3 is 15.6 Å². The maximum absolute atomic E-state index is 11.6. The molecule has 80 valence electrons. The highest BCUT2D eigenvalue weighted by molar-refractivity contribution is 5.97. The van der Waals surface area contributed by atoms with Gasteiger partial charge in [-0.05, 0) is 12.1 Å². The number of aliphatic hydroxyl groups is 1. The van der Waals surface area contributed by atoms with Crippen LogP contribution in [0.15, 0.2) is 18.3 Å². The molecule has 0 unspecified atom stereocenters. The van der Waals surface area contributed by atoms with E-state index in [2.05, 4.69) is 4.98 Å². The molecule has 15 heavy (non-hydrogen) atoms. The van der Waals surface area contributed by atoms with Crippen LogP contribution in [-0.4, -0.2) is 35.4 Å². The van der Waals surface area contributed by atoms with Gasteiger partial charge >= 0.3 is 0 Å². The lowest BCUT2D eigenvalue weighted by atomic mass is 10.3. The highest BCUT2D eigenvalue weighted by Gasteiger charge is 2.33. The zero-order chi connectivity index (χ0) is 11.0. The van der Waals surface area contributed by atoms with Crippen molar-refractivity contribution in [3.8, 4) is 5.75 Å². The van der Waals surface area contributed by atoms with Crippen LogP contribution in [0.1, 0.15) is 0 Å². The number of carbonyl (C=O) groups is 1. The number of aromatic nitrogens is 1. The molecule has 2 atom stereocenters. The lowest BCUT2D eigenvalue weighted by molar-refractivity contribution is -0.126. The average molecular weight is 209 g/mol. The molecule has 1 aromatic heterocycles. The number of amides is 1. The van der Waals surface area contributed by atoms with Crippen molar-refractivity contribution >= 4 is 11.7 Å². The number of rotatable bonds is 0. The van der Waals surface area contributed by atoms with Crippen molar-refractivity contribution in [2.45, 2.75) is 12.3 Å². The minimum atomic E-state index is -1.34. The van der Waals surface area contributed by atoms with E-state index in [-0.39, 0.29) is 0 Å². The number of aliphatic hydroxyl groups excluding tert-OH is 1. The van der Waals surface area contributed by atoms with E-state index in [9.17, 15) is 9.90 Å². The van der Waals surface area contributed by atoms with Crippen molar-refractivity contribution in [3.63, 3.8) is 0 Å². The van der Waals surface area contributed by atoms with E-state index in [0.717, 1.165) is 0 Å². The topological polar surface area (TPSA) is 88.7 Å². The van der Waals surface area contributed by atoms with Gasteiger partial charge in [0.15, 0.2) is 11.6 Å². The molecule has 0 saturated carbocycles. The molecule has 0 saturated heterocycles. The van der Waals surface area contributed by atoms with Gasteiger partial charge in [0.05, 0.1) is 0 Å². The van der Waals surface area contributed by atoms with Crippen LogP contribution in [0.25, 0.3) is 0 Å². The third-order valence-corrected chi connectivity index (χ3v) is 2.24. The quantitative estimate of drug-likeness (QED) is 0.577. The van der Waals surface area contributed by atoms with E-state index in [1.165, 1.54) is 18.1 Å². The SMILES string of the molecule is CN1C(=O)[C@@H](N)[C@@H](O)Oc2cccnc21. The summed E-state index contributed by atoms with van der Waals surface area (Å²) < 4.78 is 5.12. The van der Waals surface area contributed by atoms with Gasteiger partial charge in [0, 0.05) is 13.2 Å². The van der Waals surface area contributed by atoms with Gasteiger partial charge in [0.25, 0.3) is 5.91 Å². The highest BCUT2D eigenvalue weighted by atomic mass is 16.6. The van der Waals surface area contributed by atoms with E-state index < -0.39 is 18.2 Å². The summed E-state index contributed by atoms with van der Waals surface area (Å²) in [5.74, 6) is 0.267. The largest absolute Gasteiger partial charge is 0.459 e. The van der Waals surface area contributed by atoms with Crippen molar-refractivity contribution in [1.29, 1.82) is 0 Å².